The van der Waals surface area contributed by atoms with Crippen LogP contribution in [0.4, 0.5) is 10.1 Å². The minimum atomic E-state index is -4.24. The predicted octanol–water partition coefficient (Wildman–Crippen LogP) is 5.51. The molecule has 4 rings (SSSR count). The molecule has 2 amide bonds. The van der Waals surface area contributed by atoms with Gasteiger partial charge in [0.05, 0.1) is 17.7 Å². The standard InChI is InChI=1S/C33H40FN3O5S/c1-23-10-17-29(18-11-23)43(40,41)37(30-20-24(2)12-19-31(30)42-4)22-32(38)36(21-26-13-15-27(34)16-14-26)25(3)33(39)35-28-8-6-5-7-9-28/h10-20,25,28H,5-9,21-22H2,1-4H3,(H,35,39)/t25-/m0/s1. The Morgan fingerprint density at radius 3 is 2.21 bits per heavy atom. The molecule has 1 saturated carbocycles. The maximum atomic E-state index is 14.2. The summed E-state index contributed by atoms with van der Waals surface area (Å²) in [6.07, 6.45) is 4.94. The lowest BCUT2D eigenvalue weighted by Crippen LogP contribution is -2.53. The summed E-state index contributed by atoms with van der Waals surface area (Å²) in [5, 5.41) is 3.08. The average Bonchev–Trinajstić information content (AvgIpc) is 2.99. The Morgan fingerprint density at radius 2 is 1.58 bits per heavy atom. The van der Waals surface area contributed by atoms with Crippen molar-refractivity contribution in [3.63, 3.8) is 0 Å². The fourth-order valence-corrected chi connectivity index (χ4v) is 6.70. The first-order chi connectivity index (χ1) is 20.5. The van der Waals surface area contributed by atoms with Crippen LogP contribution in [-0.2, 0) is 26.2 Å². The van der Waals surface area contributed by atoms with Crippen molar-refractivity contribution in [2.45, 2.75) is 76.4 Å². The second-order valence-corrected chi connectivity index (χ2v) is 13.0. The van der Waals surface area contributed by atoms with Crippen molar-refractivity contribution in [1.82, 2.24) is 10.2 Å². The zero-order valence-electron chi connectivity index (χ0n) is 25.2. The van der Waals surface area contributed by atoms with E-state index >= 15 is 0 Å². The number of aryl methyl sites for hydroxylation is 2. The van der Waals surface area contributed by atoms with E-state index in [0.717, 1.165) is 47.5 Å². The molecule has 1 aliphatic rings. The number of hydrogen-bond donors (Lipinski definition) is 1. The minimum absolute atomic E-state index is 0.0122. The van der Waals surface area contributed by atoms with Crippen molar-refractivity contribution >= 4 is 27.5 Å². The van der Waals surface area contributed by atoms with Gasteiger partial charge in [-0.2, -0.15) is 0 Å². The Kier molecular flexibility index (Phi) is 10.4. The molecule has 0 bridgehead atoms. The SMILES string of the molecule is COc1ccc(C)cc1N(CC(=O)N(Cc1ccc(F)cc1)[C@@H](C)C(=O)NC1CCCCC1)S(=O)(=O)c1ccc(C)cc1. The number of hydrogen-bond acceptors (Lipinski definition) is 5. The molecule has 10 heteroatoms. The molecule has 1 atom stereocenters. The van der Waals surface area contributed by atoms with Gasteiger partial charge in [-0.1, -0.05) is 55.2 Å². The monoisotopic (exact) mass is 609 g/mol. The summed E-state index contributed by atoms with van der Waals surface area (Å²) >= 11 is 0. The van der Waals surface area contributed by atoms with Crippen LogP contribution in [0.15, 0.2) is 71.6 Å². The Bertz CT molecular complexity index is 1520. The maximum Gasteiger partial charge on any atom is 0.264 e. The summed E-state index contributed by atoms with van der Waals surface area (Å²) < 4.78 is 48.5. The minimum Gasteiger partial charge on any atom is -0.495 e. The van der Waals surface area contributed by atoms with E-state index in [1.165, 1.54) is 36.3 Å². The van der Waals surface area contributed by atoms with Crippen molar-refractivity contribution in [2.24, 2.45) is 0 Å². The van der Waals surface area contributed by atoms with Gasteiger partial charge in [0.2, 0.25) is 11.8 Å². The summed E-state index contributed by atoms with van der Waals surface area (Å²) in [6.45, 7) is 4.71. The Hall–Kier alpha value is -3.92. The van der Waals surface area contributed by atoms with Crippen LogP contribution >= 0.6 is 0 Å². The molecule has 3 aromatic rings. The number of nitrogens with zero attached hydrogens (tertiary/aromatic N) is 2. The van der Waals surface area contributed by atoms with Crippen LogP contribution in [-0.4, -0.2) is 50.9 Å². The van der Waals surface area contributed by atoms with E-state index in [-0.39, 0.29) is 34.8 Å². The van der Waals surface area contributed by atoms with Gasteiger partial charge in [0.15, 0.2) is 0 Å². The average molecular weight is 610 g/mol. The van der Waals surface area contributed by atoms with Gasteiger partial charge in [-0.15, -0.1) is 0 Å². The maximum absolute atomic E-state index is 14.2. The quantitative estimate of drug-likeness (QED) is 0.309. The molecule has 1 fully saturated rings. The Balaban J connectivity index is 1.72. The molecule has 0 aromatic heterocycles. The zero-order valence-corrected chi connectivity index (χ0v) is 26.0. The summed E-state index contributed by atoms with van der Waals surface area (Å²) in [5.41, 5.74) is 2.47. The molecule has 0 unspecified atom stereocenters. The molecular weight excluding hydrogens is 569 g/mol. The van der Waals surface area contributed by atoms with E-state index in [1.807, 2.05) is 13.8 Å². The summed E-state index contributed by atoms with van der Waals surface area (Å²) in [6, 6.07) is 16.3. The van der Waals surface area contributed by atoms with Crippen LogP contribution < -0.4 is 14.4 Å². The fourth-order valence-electron chi connectivity index (χ4n) is 5.28. The fraction of sp³-hybridized carbons (Fsp3) is 0.394. The molecule has 1 N–H and O–H groups in total. The van der Waals surface area contributed by atoms with Crippen molar-refractivity contribution in [2.75, 3.05) is 18.0 Å². The Morgan fingerprint density at radius 1 is 0.953 bits per heavy atom. The lowest BCUT2D eigenvalue weighted by Gasteiger charge is -2.33. The van der Waals surface area contributed by atoms with Crippen LogP contribution in [0.25, 0.3) is 0 Å². The zero-order chi connectivity index (χ0) is 31.1. The molecule has 0 aliphatic heterocycles. The molecule has 0 saturated heterocycles. The summed E-state index contributed by atoms with van der Waals surface area (Å²) in [4.78, 5) is 29.0. The number of nitrogens with one attached hydrogen (secondary N) is 1. The number of halogens is 1. The Labute approximate surface area is 253 Å². The number of carbonyl (C=O) groups is 2. The van der Waals surface area contributed by atoms with Gasteiger partial charge in [-0.3, -0.25) is 13.9 Å². The lowest BCUT2D eigenvalue weighted by molar-refractivity contribution is -0.139. The van der Waals surface area contributed by atoms with Crippen molar-refractivity contribution < 1.29 is 27.1 Å². The van der Waals surface area contributed by atoms with E-state index in [1.54, 1.807) is 49.4 Å². The smallest absolute Gasteiger partial charge is 0.264 e. The molecule has 3 aromatic carbocycles. The molecular formula is C33H40FN3O5S. The number of sulfonamides is 1. The van der Waals surface area contributed by atoms with Crippen molar-refractivity contribution in [3.8, 4) is 5.75 Å². The molecule has 1 aliphatic carbocycles. The number of carbonyl (C=O) groups excluding carboxylic acids is 2. The molecule has 0 heterocycles. The van der Waals surface area contributed by atoms with E-state index in [9.17, 15) is 22.4 Å². The largest absolute Gasteiger partial charge is 0.495 e. The molecule has 8 nitrogen and oxygen atoms in total. The van der Waals surface area contributed by atoms with Crippen LogP contribution in [0.2, 0.25) is 0 Å². The van der Waals surface area contributed by atoms with Gasteiger partial charge < -0.3 is 15.0 Å². The number of ether oxygens (including phenoxy) is 1. The number of anilines is 1. The number of amides is 2. The first-order valence-electron chi connectivity index (χ1n) is 14.6. The molecule has 0 radical (unpaired) electrons. The van der Waals surface area contributed by atoms with Gasteiger partial charge in [0, 0.05) is 12.6 Å². The number of benzene rings is 3. The van der Waals surface area contributed by atoms with Gasteiger partial charge in [-0.25, -0.2) is 12.8 Å². The van der Waals surface area contributed by atoms with Gasteiger partial charge in [0.1, 0.15) is 24.2 Å². The highest BCUT2D eigenvalue weighted by atomic mass is 32.2. The summed E-state index contributed by atoms with van der Waals surface area (Å²) in [7, 11) is -2.80. The van der Waals surface area contributed by atoms with E-state index in [0.29, 0.717) is 5.56 Å². The van der Waals surface area contributed by atoms with Crippen molar-refractivity contribution in [3.05, 3.63) is 89.2 Å². The van der Waals surface area contributed by atoms with E-state index < -0.39 is 34.3 Å². The van der Waals surface area contributed by atoms with E-state index in [4.69, 9.17) is 4.74 Å². The third-order valence-corrected chi connectivity index (χ3v) is 9.65. The van der Waals surface area contributed by atoms with Crippen LogP contribution in [0, 0.1) is 19.7 Å². The highest BCUT2D eigenvalue weighted by Crippen LogP contribution is 2.34. The second-order valence-electron chi connectivity index (χ2n) is 11.2. The third-order valence-electron chi connectivity index (χ3n) is 7.88. The van der Waals surface area contributed by atoms with Gasteiger partial charge in [-0.05, 0) is 81.1 Å². The summed E-state index contributed by atoms with van der Waals surface area (Å²) in [5.74, 6) is -1.05. The van der Waals surface area contributed by atoms with Crippen molar-refractivity contribution in [1.29, 1.82) is 0 Å². The lowest BCUT2D eigenvalue weighted by atomic mass is 9.95. The normalized spacial score (nSPS) is 14.5. The molecule has 230 valence electrons. The number of rotatable bonds is 11. The topological polar surface area (TPSA) is 96.0 Å². The first kappa shape index (κ1) is 32.0. The van der Waals surface area contributed by atoms with Crippen LogP contribution in [0.5, 0.6) is 5.75 Å². The second kappa shape index (κ2) is 14.0. The highest BCUT2D eigenvalue weighted by Gasteiger charge is 2.34. The molecule has 43 heavy (non-hydrogen) atoms. The van der Waals surface area contributed by atoms with Gasteiger partial charge in [0.25, 0.3) is 10.0 Å². The van der Waals surface area contributed by atoms with Crippen LogP contribution in [0.3, 0.4) is 0 Å². The van der Waals surface area contributed by atoms with E-state index in [2.05, 4.69) is 5.32 Å². The predicted molar refractivity (Wildman–Crippen MR) is 165 cm³/mol. The number of methoxy groups -OCH3 is 1. The highest BCUT2D eigenvalue weighted by molar-refractivity contribution is 7.92. The third kappa shape index (κ3) is 7.93. The van der Waals surface area contributed by atoms with Gasteiger partial charge >= 0.3 is 0 Å². The first-order valence-corrected chi connectivity index (χ1v) is 16.0. The molecule has 0 spiro atoms. The van der Waals surface area contributed by atoms with Crippen LogP contribution in [0.1, 0.15) is 55.7 Å².